The Balaban J connectivity index is 1.60. The molecule has 152 valence electrons. The van der Waals surface area contributed by atoms with Crippen molar-refractivity contribution in [3.8, 4) is 11.5 Å². The van der Waals surface area contributed by atoms with Crippen LogP contribution in [0.5, 0.6) is 11.5 Å². The van der Waals surface area contributed by atoms with E-state index >= 15 is 0 Å². The number of thiazole rings is 1. The molecular formula is C24H22N2O3S. The van der Waals surface area contributed by atoms with Crippen molar-refractivity contribution in [3.05, 3.63) is 83.9 Å². The van der Waals surface area contributed by atoms with E-state index in [1.54, 1.807) is 14.2 Å². The lowest BCUT2D eigenvalue weighted by molar-refractivity contribution is -0.116. The van der Waals surface area contributed by atoms with Gasteiger partial charge < -0.3 is 14.8 Å². The van der Waals surface area contributed by atoms with Crippen molar-refractivity contribution in [2.24, 2.45) is 0 Å². The fraction of sp³-hybridized carbons (Fsp3) is 0.167. The molecule has 6 heteroatoms. The molecule has 0 aliphatic rings. The molecule has 0 saturated heterocycles. The summed E-state index contributed by atoms with van der Waals surface area (Å²) in [6, 6.07) is 23.8. The lowest BCUT2D eigenvalue weighted by Gasteiger charge is -2.17. The van der Waals surface area contributed by atoms with Crippen molar-refractivity contribution in [3.63, 3.8) is 0 Å². The normalized spacial score (nSPS) is 10.9. The van der Waals surface area contributed by atoms with Gasteiger partial charge in [-0.3, -0.25) is 4.79 Å². The van der Waals surface area contributed by atoms with E-state index < -0.39 is 0 Å². The molecule has 0 fully saturated rings. The largest absolute Gasteiger partial charge is 0.495 e. The van der Waals surface area contributed by atoms with Crippen LogP contribution in [0.3, 0.4) is 0 Å². The van der Waals surface area contributed by atoms with Crippen molar-refractivity contribution in [1.82, 2.24) is 4.98 Å². The molecule has 1 amide bonds. The summed E-state index contributed by atoms with van der Waals surface area (Å²) in [7, 11) is 3.21. The summed E-state index contributed by atoms with van der Waals surface area (Å²) >= 11 is 1.38. The first kappa shape index (κ1) is 19.9. The van der Waals surface area contributed by atoms with Crippen LogP contribution in [-0.4, -0.2) is 25.1 Å². The second-order valence-electron chi connectivity index (χ2n) is 6.79. The van der Waals surface area contributed by atoms with Gasteiger partial charge in [0.25, 0.3) is 0 Å². The number of ether oxygens (including phenoxy) is 2. The molecule has 0 bridgehead atoms. The molecule has 0 spiro atoms. The monoisotopic (exact) mass is 418 g/mol. The third kappa shape index (κ3) is 4.14. The van der Waals surface area contributed by atoms with Crippen molar-refractivity contribution < 1.29 is 14.3 Å². The predicted octanol–water partition coefficient (Wildman–Crippen LogP) is 5.47. The number of anilines is 1. The van der Waals surface area contributed by atoms with Crippen molar-refractivity contribution in [2.45, 2.75) is 12.3 Å². The Hall–Kier alpha value is -3.38. The molecule has 0 radical (unpaired) electrons. The van der Waals surface area contributed by atoms with E-state index in [4.69, 9.17) is 9.47 Å². The first-order valence-electron chi connectivity index (χ1n) is 9.61. The van der Waals surface area contributed by atoms with E-state index in [0.717, 1.165) is 15.8 Å². The fourth-order valence-electron chi connectivity index (χ4n) is 3.49. The summed E-state index contributed by atoms with van der Waals surface area (Å²) < 4.78 is 11.7. The summed E-state index contributed by atoms with van der Waals surface area (Å²) in [6.45, 7) is 0. The molecule has 0 aliphatic carbocycles. The molecule has 0 atom stereocenters. The minimum atomic E-state index is -0.0929. The molecule has 5 nitrogen and oxygen atoms in total. The average molecular weight is 419 g/mol. The van der Waals surface area contributed by atoms with Crippen molar-refractivity contribution in [2.75, 3.05) is 19.5 Å². The summed E-state index contributed by atoms with van der Waals surface area (Å²) in [5.41, 5.74) is 2.89. The van der Waals surface area contributed by atoms with Gasteiger partial charge in [-0.1, -0.05) is 72.0 Å². The Kier molecular flexibility index (Phi) is 5.95. The average Bonchev–Trinajstić information content (AvgIpc) is 3.21. The highest BCUT2D eigenvalue weighted by atomic mass is 32.1. The quantitative estimate of drug-likeness (QED) is 0.432. The topological polar surface area (TPSA) is 60.5 Å². The molecule has 3 aromatic carbocycles. The van der Waals surface area contributed by atoms with Crippen molar-refractivity contribution in [1.29, 1.82) is 0 Å². The van der Waals surface area contributed by atoms with Crippen LogP contribution in [0.25, 0.3) is 10.2 Å². The number of methoxy groups -OCH3 is 2. The number of hydrogen-bond acceptors (Lipinski definition) is 5. The Morgan fingerprint density at radius 1 is 0.900 bits per heavy atom. The number of carbonyl (C=O) groups is 1. The third-order valence-electron chi connectivity index (χ3n) is 4.95. The highest BCUT2D eigenvalue weighted by molar-refractivity contribution is 7.22. The minimum Gasteiger partial charge on any atom is -0.495 e. The van der Waals surface area contributed by atoms with Gasteiger partial charge in [0, 0.05) is 12.3 Å². The van der Waals surface area contributed by atoms with E-state index in [1.165, 1.54) is 11.3 Å². The maximum atomic E-state index is 12.9. The maximum Gasteiger partial charge on any atom is 0.227 e. The zero-order valence-electron chi connectivity index (χ0n) is 16.8. The molecule has 30 heavy (non-hydrogen) atoms. The summed E-state index contributed by atoms with van der Waals surface area (Å²) in [4.78, 5) is 17.5. The molecule has 0 aliphatic heterocycles. The van der Waals surface area contributed by atoms with E-state index in [2.05, 4.69) is 34.6 Å². The van der Waals surface area contributed by atoms with Gasteiger partial charge in [-0.15, -0.1) is 0 Å². The third-order valence-corrected chi connectivity index (χ3v) is 5.94. The van der Waals surface area contributed by atoms with Gasteiger partial charge >= 0.3 is 0 Å². The maximum absolute atomic E-state index is 12.9. The van der Waals surface area contributed by atoms with Gasteiger partial charge in [-0.05, 0) is 23.3 Å². The highest BCUT2D eigenvalue weighted by Crippen LogP contribution is 2.39. The summed E-state index contributed by atoms with van der Waals surface area (Å²) in [6.07, 6.45) is 0.318. The van der Waals surface area contributed by atoms with Crippen LogP contribution < -0.4 is 14.8 Å². The zero-order valence-corrected chi connectivity index (χ0v) is 17.6. The molecule has 0 unspecified atom stereocenters. The molecule has 1 aromatic heterocycles. The Labute approximate surface area is 179 Å². The van der Waals surface area contributed by atoms with Crippen LogP contribution in [0.4, 0.5) is 5.13 Å². The van der Waals surface area contributed by atoms with Crippen molar-refractivity contribution >= 4 is 32.6 Å². The number of aromatic nitrogens is 1. The standard InChI is InChI=1S/C24H22N2O3S/c1-28-19-13-14-20(29-2)23-22(19)26-24(30-23)25-21(27)15-18(16-9-5-3-6-10-16)17-11-7-4-8-12-17/h3-14,18H,15H2,1-2H3,(H,25,26,27). The number of carbonyl (C=O) groups excluding carboxylic acids is 1. The number of amides is 1. The fourth-order valence-corrected chi connectivity index (χ4v) is 4.48. The SMILES string of the molecule is COc1ccc(OC)c2sc(NC(=O)CC(c3ccccc3)c3ccccc3)nc12. The minimum absolute atomic E-state index is 0.0362. The van der Waals surface area contributed by atoms with Crippen LogP contribution in [0.2, 0.25) is 0 Å². The van der Waals surface area contributed by atoms with Gasteiger partial charge in [-0.25, -0.2) is 4.98 Å². The first-order chi connectivity index (χ1) is 14.7. The van der Waals surface area contributed by atoms with Gasteiger partial charge in [0.1, 0.15) is 21.7 Å². The van der Waals surface area contributed by atoms with Gasteiger partial charge in [-0.2, -0.15) is 0 Å². The Morgan fingerprint density at radius 2 is 1.47 bits per heavy atom. The molecular weight excluding hydrogens is 396 g/mol. The number of rotatable bonds is 7. The van der Waals surface area contributed by atoms with Gasteiger partial charge in [0.15, 0.2) is 5.13 Å². The lowest BCUT2D eigenvalue weighted by atomic mass is 9.88. The van der Waals surface area contributed by atoms with Gasteiger partial charge in [0.2, 0.25) is 5.91 Å². The van der Waals surface area contributed by atoms with Crippen LogP contribution in [0.1, 0.15) is 23.5 Å². The number of hydrogen-bond donors (Lipinski definition) is 1. The lowest BCUT2D eigenvalue weighted by Crippen LogP contribution is -2.16. The van der Waals surface area contributed by atoms with E-state index in [-0.39, 0.29) is 11.8 Å². The smallest absolute Gasteiger partial charge is 0.227 e. The zero-order chi connectivity index (χ0) is 20.9. The molecule has 1 heterocycles. The van der Waals surface area contributed by atoms with Crippen LogP contribution in [0, 0.1) is 0 Å². The van der Waals surface area contributed by atoms with E-state index in [0.29, 0.717) is 28.6 Å². The van der Waals surface area contributed by atoms with Crippen LogP contribution in [0.15, 0.2) is 72.8 Å². The molecule has 0 saturated carbocycles. The molecule has 4 rings (SSSR count). The number of nitrogens with zero attached hydrogens (tertiary/aromatic N) is 1. The van der Waals surface area contributed by atoms with Crippen LogP contribution in [-0.2, 0) is 4.79 Å². The predicted molar refractivity (Wildman–Crippen MR) is 121 cm³/mol. The number of nitrogens with one attached hydrogen (secondary N) is 1. The second-order valence-corrected chi connectivity index (χ2v) is 7.79. The first-order valence-corrected chi connectivity index (χ1v) is 10.4. The second kappa shape index (κ2) is 8.97. The van der Waals surface area contributed by atoms with Crippen LogP contribution >= 0.6 is 11.3 Å². The van der Waals surface area contributed by atoms with E-state index in [1.807, 2.05) is 48.5 Å². The summed E-state index contributed by atoms with van der Waals surface area (Å²) in [5, 5.41) is 3.49. The highest BCUT2D eigenvalue weighted by Gasteiger charge is 2.20. The molecule has 4 aromatic rings. The Morgan fingerprint density at radius 3 is 2.03 bits per heavy atom. The number of benzene rings is 3. The number of fused-ring (bicyclic) bond motifs is 1. The summed E-state index contributed by atoms with van der Waals surface area (Å²) in [5.74, 6) is 1.22. The van der Waals surface area contributed by atoms with E-state index in [9.17, 15) is 4.79 Å². The Bertz CT molecular complexity index is 1060. The molecule has 1 N–H and O–H groups in total. The van der Waals surface area contributed by atoms with Gasteiger partial charge in [0.05, 0.1) is 14.2 Å².